The molecule has 10 heteroatoms. The third kappa shape index (κ3) is 8.00. The van der Waals surface area contributed by atoms with Crippen LogP contribution in [0.2, 0.25) is 0 Å². The van der Waals surface area contributed by atoms with Crippen molar-refractivity contribution in [3.05, 3.63) is 53.6 Å². The summed E-state index contributed by atoms with van der Waals surface area (Å²) in [5.41, 5.74) is 0.875. The molecule has 0 bridgehead atoms. The zero-order valence-electron chi connectivity index (χ0n) is 17.3. The monoisotopic (exact) mass is 436 g/mol. The fourth-order valence-corrected chi connectivity index (χ4v) is 2.60. The van der Waals surface area contributed by atoms with Crippen LogP contribution >= 0.6 is 0 Å². The van der Waals surface area contributed by atoms with Crippen LogP contribution < -0.4 is 25.4 Å². The van der Waals surface area contributed by atoms with Crippen molar-refractivity contribution >= 4 is 11.9 Å². The van der Waals surface area contributed by atoms with Crippen molar-refractivity contribution in [3.8, 4) is 17.2 Å². The fourth-order valence-electron chi connectivity index (χ4n) is 2.60. The van der Waals surface area contributed by atoms with E-state index in [9.17, 15) is 18.7 Å². The lowest BCUT2D eigenvalue weighted by atomic mass is 10.2. The highest BCUT2D eigenvalue weighted by Gasteiger charge is 2.11. The molecule has 0 spiro atoms. The number of rotatable bonds is 10. The molecule has 2 aromatic rings. The van der Waals surface area contributed by atoms with Gasteiger partial charge in [0, 0.05) is 30.8 Å². The minimum atomic E-state index is -2.94. The van der Waals surface area contributed by atoms with Crippen LogP contribution in [0.5, 0.6) is 17.2 Å². The summed E-state index contributed by atoms with van der Waals surface area (Å²) in [6.07, 6.45) is 0. The molecule has 0 aromatic heterocycles. The first-order valence-corrected chi connectivity index (χ1v) is 9.64. The van der Waals surface area contributed by atoms with Crippen LogP contribution in [0.4, 0.5) is 8.78 Å². The number of ether oxygens (including phenoxy) is 2. The van der Waals surface area contributed by atoms with Gasteiger partial charge in [0.15, 0.2) is 5.96 Å². The number of hydrogen-bond donors (Lipinski definition) is 4. The van der Waals surface area contributed by atoms with Gasteiger partial charge in [-0.15, -0.1) is 0 Å². The van der Waals surface area contributed by atoms with Crippen molar-refractivity contribution in [1.29, 1.82) is 0 Å². The Hall–Kier alpha value is -3.56. The molecule has 4 N–H and O–H groups in total. The number of methoxy groups -OCH3 is 1. The summed E-state index contributed by atoms with van der Waals surface area (Å²) in [5.74, 6) is 0.794. The van der Waals surface area contributed by atoms with Crippen molar-refractivity contribution in [2.45, 2.75) is 20.1 Å². The second-order valence-electron chi connectivity index (χ2n) is 6.28. The zero-order chi connectivity index (χ0) is 22.6. The molecule has 0 heterocycles. The molecule has 0 unspecified atom stereocenters. The Morgan fingerprint density at radius 3 is 2.45 bits per heavy atom. The SMILES string of the molecule is CCNC(=NCc1cc(OC)ccc1OC(F)F)NCCNC(=O)c1ccc(O)cc1. The largest absolute Gasteiger partial charge is 0.508 e. The van der Waals surface area contributed by atoms with Crippen LogP contribution in [-0.2, 0) is 6.54 Å². The van der Waals surface area contributed by atoms with Gasteiger partial charge in [0.25, 0.3) is 5.91 Å². The van der Waals surface area contributed by atoms with E-state index in [2.05, 4.69) is 25.7 Å². The molecule has 1 amide bonds. The second-order valence-corrected chi connectivity index (χ2v) is 6.28. The minimum Gasteiger partial charge on any atom is -0.508 e. The molecule has 0 aliphatic carbocycles. The molecule has 2 rings (SSSR count). The van der Waals surface area contributed by atoms with Gasteiger partial charge in [0.05, 0.1) is 13.7 Å². The lowest BCUT2D eigenvalue weighted by Crippen LogP contribution is -2.41. The lowest BCUT2D eigenvalue weighted by Gasteiger charge is -2.14. The summed E-state index contributed by atoms with van der Waals surface area (Å²) in [5, 5.41) is 18.1. The van der Waals surface area contributed by atoms with Gasteiger partial charge in [-0.05, 0) is 49.4 Å². The molecule has 0 aliphatic heterocycles. The van der Waals surface area contributed by atoms with Crippen LogP contribution in [0.25, 0.3) is 0 Å². The molecule has 2 aromatic carbocycles. The topological polar surface area (TPSA) is 104 Å². The van der Waals surface area contributed by atoms with Gasteiger partial charge in [-0.25, -0.2) is 4.99 Å². The Labute approximate surface area is 179 Å². The summed E-state index contributed by atoms with van der Waals surface area (Å²) in [6.45, 7) is 0.316. The van der Waals surface area contributed by atoms with E-state index in [1.165, 1.54) is 43.5 Å². The van der Waals surface area contributed by atoms with Crippen molar-refractivity contribution in [1.82, 2.24) is 16.0 Å². The molecule has 0 saturated heterocycles. The normalized spacial score (nSPS) is 11.2. The average molecular weight is 436 g/mol. The molecular weight excluding hydrogens is 410 g/mol. The molecule has 168 valence electrons. The number of carbonyl (C=O) groups is 1. The second kappa shape index (κ2) is 12.2. The Morgan fingerprint density at radius 1 is 1.10 bits per heavy atom. The number of benzene rings is 2. The maximum Gasteiger partial charge on any atom is 0.387 e. The predicted octanol–water partition coefficient (Wildman–Crippen LogP) is 2.49. The van der Waals surface area contributed by atoms with Crippen LogP contribution in [0.3, 0.4) is 0 Å². The van der Waals surface area contributed by atoms with Gasteiger partial charge in [0.1, 0.15) is 17.2 Å². The van der Waals surface area contributed by atoms with E-state index in [0.29, 0.717) is 42.5 Å². The van der Waals surface area contributed by atoms with E-state index in [1.807, 2.05) is 6.92 Å². The van der Waals surface area contributed by atoms with Crippen LogP contribution in [-0.4, -0.2) is 50.3 Å². The zero-order valence-corrected chi connectivity index (χ0v) is 17.3. The van der Waals surface area contributed by atoms with Crippen LogP contribution in [0.1, 0.15) is 22.8 Å². The van der Waals surface area contributed by atoms with E-state index >= 15 is 0 Å². The standard InChI is InChI=1S/C21H26F2N4O4/c1-3-24-21(26-11-10-25-19(29)14-4-6-16(28)7-5-14)27-13-15-12-17(30-2)8-9-18(15)31-20(22)23/h4-9,12,20,28H,3,10-11,13H2,1-2H3,(H,25,29)(H2,24,26,27). The van der Waals surface area contributed by atoms with Crippen molar-refractivity contribution < 1.29 is 28.2 Å². The van der Waals surface area contributed by atoms with E-state index in [1.54, 1.807) is 6.07 Å². The summed E-state index contributed by atoms with van der Waals surface area (Å²) in [7, 11) is 1.48. The number of phenolic OH excluding ortho intramolecular Hbond substituents is 1. The average Bonchev–Trinajstić information content (AvgIpc) is 2.75. The number of carbonyl (C=O) groups excluding carboxylic acids is 1. The van der Waals surface area contributed by atoms with Gasteiger partial charge in [-0.3, -0.25) is 4.79 Å². The predicted molar refractivity (Wildman–Crippen MR) is 113 cm³/mol. The number of halogens is 2. The number of hydrogen-bond acceptors (Lipinski definition) is 5. The molecule has 0 atom stereocenters. The first-order chi connectivity index (χ1) is 14.9. The summed E-state index contributed by atoms with van der Waals surface area (Å²) < 4.78 is 35.0. The van der Waals surface area contributed by atoms with Crippen molar-refractivity contribution in [3.63, 3.8) is 0 Å². The van der Waals surface area contributed by atoms with Crippen LogP contribution in [0, 0.1) is 0 Å². The number of guanidine groups is 1. The molecule has 0 saturated carbocycles. The number of alkyl halides is 2. The Morgan fingerprint density at radius 2 is 1.81 bits per heavy atom. The minimum absolute atomic E-state index is 0.0246. The third-order valence-electron chi connectivity index (χ3n) is 4.07. The Kier molecular flexibility index (Phi) is 9.34. The molecule has 0 aliphatic rings. The summed E-state index contributed by atoms with van der Waals surface area (Å²) >= 11 is 0. The summed E-state index contributed by atoms with van der Waals surface area (Å²) in [6, 6.07) is 10.5. The van der Waals surface area contributed by atoms with Gasteiger partial charge >= 0.3 is 6.61 Å². The van der Waals surface area contributed by atoms with E-state index < -0.39 is 6.61 Å². The van der Waals surface area contributed by atoms with E-state index in [-0.39, 0.29) is 24.0 Å². The molecule has 0 fully saturated rings. The maximum absolute atomic E-state index is 12.7. The fraction of sp³-hybridized carbons (Fsp3) is 0.333. The molecule has 31 heavy (non-hydrogen) atoms. The number of aromatic hydroxyl groups is 1. The number of amides is 1. The third-order valence-corrected chi connectivity index (χ3v) is 4.07. The highest BCUT2D eigenvalue weighted by molar-refractivity contribution is 5.94. The van der Waals surface area contributed by atoms with E-state index in [4.69, 9.17) is 4.74 Å². The first-order valence-electron chi connectivity index (χ1n) is 9.64. The smallest absolute Gasteiger partial charge is 0.387 e. The highest BCUT2D eigenvalue weighted by atomic mass is 19.3. The number of phenols is 1. The Balaban J connectivity index is 1.94. The lowest BCUT2D eigenvalue weighted by molar-refractivity contribution is -0.0504. The van der Waals surface area contributed by atoms with Gasteiger partial charge in [0.2, 0.25) is 0 Å². The quantitative estimate of drug-likeness (QED) is 0.259. The Bertz CT molecular complexity index is 876. The van der Waals surface area contributed by atoms with E-state index in [0.717, 1.165) is 0 Å². The maximum atomic E-state index is 12.7. The van der Waals surface area contributed by atoms with Crippen LogP contribution in [0.15, 0.2) is 47.5 Å². The number of nitrogens with one attached hydrogen (secondary N) is 3. The molecular formula is C21H26F2N4O4. The van der Waals surface area contributed by atoms with Gasteiger partial charge < -0.3 is 30.5 Å². The number of aliphatic imine (C=N–C) groups is 1. The van der Waals surface area contributed by atoms with Crippen molar-refractivity contribution in [2.24, 2.45) is 4.99 Å². The first kappa shape index (κ1) is 23.7. The number of nitrogens with zero attached hydrogens (tertiary/aromatic N) is 1. The molecule has 8 nitrogen and oxygen atoms in total. The van der Waals surface area contributed by atoms with Gasteiger partial charge in [-0.2, -0.15) is 8.78 Å². The summed E-state index contributed by atoms with van der Waals surface area (Å²) in [4.78, 5) is 16.5. The van der Waals surface area contributed by atoms with Gasteiger partial charge in [-0.1, -0.05) is 0 Å². The van der Waals surface area contributed by atoms with Crippen molar-refractivity contribution in [2.75, 3.05) is 26.7 Å². The molecule has 0 radical (unpaired) electrons. The highest BCUT2D eigenvalue weighted by Crippen LogP contribution is 2.26.